The number of hydrogen-bond donors (Lipinski definition) is 2. The van der Waals surface area contributed by atoms with E-state index in [4.69, 9.17) is 9.84 Å². The second-order valence-electron chi connectivity index (χ2n) is 9.95. The molecular weight excluding hydrogens is 478 g/mol. The number of carboxylic acid groups (broad SMARTS) is 1. The van der Waals surface area contributed by atoms with E-state index >= 15 is 0 Å². The summed E-state index contributed by atoms with van der Waals surface area (Å²) in [5.41, 5.74) is 2.03. The zero-order valence-electron chi connectivity index (χ0n) is 20.5. The van der Waals surface area contributed by atoms with Crippen molar-refractivity contribution in [3.63, 3.8) is 0 Å². The topological polar surface area (TPSA) is 138 Å². The molecule has 37 heavy (non-hydrogen) atoms. The molecule has 1 aromatic carbocycles. The number of aromatic hydroxyl groups is 1. The van der Waals surface area contributed by atoms with Crippen LogP contribution in [0.3, 0.4) is 0 Å². The van der Waals surface area contributed by atoms with Gasteiger partial charge >= 0.3 is 5.97 Å². The lowest BCUT2D eigenvalue weighted by molar-refractivity contribution is -0.142. The number of fused-ring (bicyclic) bond motifs is 3. The first-order chi connectivity index (χ1) is 17.6. The van der Waals surface area contributed by atoms with E-state index in [1.165, 1.54) is 13.2 Å². The Hall–Kier alpha value is -4.01. The molecule has 4 aliphatic rings. The number of Topliss-reactive ketones (excluding diaryl/α,β-unsaturated/α-hetero) is 1. The third-order valence-electron chi connectivity index (χ3n) is 7.99. The predicted molar refractivity (Wildman–Crippen MR) is 130 cm³/mol. The third kappa shape index (κ3) is 3.80. The molecule has 9 heteroatoms. The van der Waals surface area contributed by atoms with E-state index in [1.54, 1.807) is 25.1 Å². The third-order valence-corrected chi connectivity index (χ3v) is 7.99. The number of methoxy groups -OCH3 is 1. The zero-order chi connectivity index (χ0) is 26.6. The number of carbonyl (C=O) groups is 5. The van der Waals surface area contributed by atoms with Gasteiger partial charge in [0.25, 0.3) is 0 Å². The van der Waals surface area contributed by atoms with E-state index in [0.29, 0.717) is 22.3 Å². The van der Waals surface area contributed by atoms with Crippen LogP contribution >= 0.6 is 0 Å². The Morgan fingerprint density at radius 1 is 1.14 bits per heavy atom. The summed E-state index contributed by atoms with van der Waals surface area (Å²) in [5, 5.41) is 20.0. The maximum Gasteiger partial charge on any atom is 0.303 e. The monoisotopic (exact) mass is 505 g/mol. The number of phenols is 1. The van der Waals surface area contributed by atoms with E-state index in [2.05, 4.69) is 0 Å². The Morgan fingerprint density at radius 2 is 1.89 bits per heavy atom. The highest BCUT2D eigenvalue weighted by Gasteiger charge is 2.56. The number of carboxylic acids is 1. The molecule has 9 nitrogen and oxygen atoms in total. The van der Waals surface area contributed by atoms with Gasteiger partial charge in [0.2, 0.25) is 11.8 Å². The summed E-state index contributed by atoms with van der Waals surface area (Å²) in [6.07, 6.45) is 3.59. The van der Waals surface area contributed by atoms with Gasteiger partial charge in [-0.05, 0) is 44.2 Å². The van der Waals surface area contributed by atoms with Crippen LogP contribution in [0.4, 0.5) is 0 Å². The zero-order valence-corrected chi connectivity index (χ0v) is 20.5. The fraction of sp³-hybridized carbons (Fsp3) is 0.393. The number of hydrogen-bond acceptors (Lipinski definition) is 7. The number of ketones is 2. The van der Waals surface area contributed by atoms with Crippen LogP contribution in [0.1, 0.15) is 44.1 Å². The molecule has 1 aromatic rings. The number of aliphatic carboxylic acids is 1. The number of para-hydroxylation sites is 1. The van der Waals surface area contributed by atoms with Gasteiger partial charge in [-0.2, -0.15) is 0 Å². The van der Waals surface area contributed by atoms with E-state index in [1.807, 2.05) is 6.08 Å². The summed E-state index contributed by atoms with van der Waals surface area (Å²) in [4.78, 5) is 65.3. The van der Waals surface area contributed by atoms with Crippen LogP contribution in [0.15, 0.2) is 52.6 Å². The van der Waals surface area contributed by atoms with E-state index < -0.39 is 29.6 Å². The maximum absolute atomic E-state index is 13.5. The van der Waals surface area contributed by atoms with Crippen LogP contribution in [-0.4, -0.2) is 58.1 Å². The number of likely N-dealkylation sites (tertiary alicyclic amines) is 1. The fourth-order valence-corrected chi connectivity index (χ4v) is 6.33. The summed E-state index contributed by atoms with van der Waals surface area (Å²) in [6, 6.07) is 4.96. The quantitative estimate of drug-likeness (QED) is 0.342. The van der Waals surface area contributed by atoms with Crippen LogP contribution in [0, 0.1) is 17.8 Å². The minimum Gasteiger partial charge on any atom is -0.504 e. The molecule has 0 bridgehead atoms. The number of allylic oxidation sites excluding steroid dienone is 6. The Balaban J connectivity index is 1.61. The lowest BCUT2D eigenvalue weighted by Gasteiger charge is -2.42. The minimum absolute atomic E-state index is 0.0203. The van der Waals surface area contributed by atoms with Crippen molar-refractivity contribution in [1.82, 2.24) is 4.90 Å². The molecule has 192 valence electrons. The van der Waals surface area contributed by atoms with Crippen LogP contribution in [0.2, 0.25) is 0 Å². The van der Waals surface area contributed by atoms with Gasteiger partial charge < -0.3 is 14.9 Å². The van der Waals surface area contributed by atoms with Crippen molar-refractivity contribution >= 4 is 29.4 Å². The maximum atomic E-state index is 13.5. The van der Waals surface area contributed by atoms with E-state index in [0.717, 1.165) is 10.5 Å². The van der Waals surface area contributed by atoms with Crippen molar-refractivity contribution in [1.29, 1.82) is 0 Å². The number of ether oxygens (including phenoxy) is 1. The van der Waals surface area contributed by atoms with Gasteiger partial charge in [0.1, 0.15) is 0 Å². The molecule has 0 unspecified atom stereocenters. The average molecular weight is 506 g/mol. The van der Waals surface area contributed by atoms with Crippen molar-refractivity contribution in [2.45, 2.75) is 38.5 Å². The Kier molecular flexibility index (Phi) is 6.09. The summed E-state index contributed by atoms with van der Waals surface area (Å²) < 4.78 is 5.29. The SMILES string of the molecule is COc1cccc([C@H]2C3=CC[C@@H]4C(=O)N(CCCC(=O)O)C(=O)[C@@H]4[C@@H]3CC3=C2C(=O)C(C)=CC3=O)c1O. The molecule has 1 saturated heterocycles. The van der Waals surface area contributed by atoms with Crippen molar-refractivity contribution in [3.05, 3.63) is 58.2 Å². The Bertz CT molecular complexity index is 1350. The molecule has 3 aliphatic carbocycles. The van der Waals surface area contributed by atoms with Gasteiger partial charge in [-0.15, -0.1) is 0 Å². The standard InChI is InChI=1S/C28H27NO8/c1-13-11-19(30)18-12-17-14(22(24(18)25(13)33)15-5-3-6-20(37-2)26(15)34)8-9-16-23(17)28(36)29(27(16)35)10-4-7-21(31)32/h3,5-6,8,11,16-17,22-23,34H,4,7,9-10,12H2,1-2H3,(H,31,32)/t16-,17+,22+,23-/m0/s1. The molecule has 5 rings (SSSR count). The smallest absolute Gasteiger partial charge is 0.303 e. The van der Waals surface area contributed by atoms with Gasteiger partial charge in [-0.1, -0.05) is 23.8 Å². The highest BCUT2D eigenvalue weighted by Crippen LogP contribution is 2.56. The van der Waals surface area contributed by atoms with E-state index in [9.17, 15) is 29.1 Å². The summed E-state index contributed by atoms with van der Waals surface area (Å²) in [7, 11) is 1.42. The summed E-state index contributed by atoms with van der Waals surface area (Å²) in [5.74, 6) is -4.87. The lowest BCUT2D eigenvalue weighted by Crippen LogP contribution is -2.40. The number of carbonyl (C=O) groups excluding carboxylic acids is 4. The average Bonchev–Trinajstić information content (AvgIpc) is 3.11. The fourth-order valence-electron chi connectivity index (χ4n) is 6.33. The molecule has 1 fully saturated rings. The highest BCUT2D eigenvalue weighted by atomic mass is 16.5. The first kappa shape index (κ1) is 24.7. The predicted octanol–water partition coefficient (Wildman–Crippen LogP) is 2.70. The van der Waals surface area contributed by atoms with Gasteiger partial charge in [0, 0.05) is 41.2 Å². The number of phenolic OH excluding ortho intramolecular Hbond substituents is 1. The minimum atomic E-state index is -1.00. The van der Waals surface area contributed by atoms with Gasteiger partial charge in [0.15, 0.2) is 23.1 Å². The van der Waals surface area contributed by atoms with Crippen LogP contribution in [0.25, 0.3) is 0 Å². The molecule has 0 saturated carbocycles. The molecule has 0 aromatic heterocycles. The van der Waals surface area contributed by atoms with E-state index in [-0.39, 0.29) is 67.1 Å². The normalized spacial score (nSPS) is 26.9. The number of benzene rings is 1. The number of imide groups is 1. The molecule has 2 N–H and O–H groups in total. The Labute approximate surface area is 213 Å². The second-order valence-corrected chi connectivity index (χ2v) is 9.95. The molecule has 2 amide bonds. The first-order valence-corrected chi connectivity index (χ1v) is 12.3. The van der Waals surface area contributed by atoms with Crippen molar-refractivity contribution in [3.8, 4) is 11.5 Å². The van der Waals surface area contributed by atoms with Gasteiger partial charge in [-0.3, -0.25) is 28.9 Å². The number of nitrogens with zero attached hydrogens (tertiary/aromatic N) is 1. The molecule has 1 aliphatic heterocycles. The van der Waals surface area contributed by atoms with Crippen LogP contribution < -0.4 is 4.74 Å². The molecule has 0 spiro atoms. The number of rotatable bonds is 6. The summed E-state index contributed by atoms with van der Waals surface area (Å²) in [6.45, 7) is 1.60. The first-order valence-electron chi connectivity index (χ1n) is 12.3. The van der Waals surface area contributed by atoms with Crippen molar-refractivity contribution in [2.24, 2.45) is 17.8 Å². The molecule has 4 atom stereocenters. The second kappa shape index (κ2) is 9.14. The summed E-state index contributed by atoms with van der Waals surface area (Å²) >= 11 is 0. The van der Waals surface area contributed by atoms with Crippen LogP contribution in [-0.2, 0) is 24.0 Å². The molecular formula is C28H27NO8. The highest BCUT2D eigenvalue weighted by molar-refractivity contribution is 6.24. The van der Waals surface area contributed by atoms with Gasteiger partial charge in [0.05, 0.1) is 18.9 Å². The van der Waals surface area contributed by atoms with Crippen LogP contribution in [0.5, 0.6) is 11.5 Å². The molecule has 1 heterocycles. The lowest BCUT2D eigenvalue weighted by atomic mass is 9.59. The largest absolute Gasteiger partial charge is 0.504 e. The van der Waals surface area contributed by atoms with Crippen molar-refractivity contribution < 1.29 is 38.9 Å². The van der Waals surface area contributed by atoms with Crippen molar-refractivity contribution in [2.75, 3.05) is 13.7 Å². The molecule has 0 radical (unpaired) electrons. The number of amides is 2. The Morgan fingerprint density at radius 3 is 2.59 bits per heavy atom. The van der Waals surface area contributed by atoms with Gasteiger partial charge in [-0.25, -0.2) is 0 Å².